The van der Waals surface area contributed by atoms with Crippen molar-refractivity contribution in [3.05, 3.63) is 0 Å². The van der Waals surface area contributed by atoms with Gasteiger partial charge in [-0.3, -0.25) is 4.79 Å². The zero-order chi connectivity index (χ0) is 9.19. The highest BCUT2D eigenvalue weighted by atomic mass is 32.2. The second-order valence-electron chi connectivity index (χ2n) is 3.47. The zero-order valence-electron chi connectivity index (χ0n) is 7.46. The first-order chi connectivity index (χ1) is 5.58. The number of carbonyl (C=O) groups excluding carboxylic acids is 1. The summed E-state index contributed by atoms with van der Waals surface area (Å²) in [6.07, 6.45) is 5.08. The van der Waals surface area contributed by atoms with E-state index in [1.165, 1.54) is 0 Å². The van der Waals surface area contributed by atoms with Crippen molar-refractivity contribution < 1.29 is 4.79 Å². The number of carbonyl (C=O) groups is 1. The van der Waals surface area contributed by atoms with Gasteiger partial charge in [0.2, 0.25) is 0 Å². The van der Waals surface area contributed by atoms with E-state index >= 15 is 0 Å². The molecule has 0 spiro atoms. The van der Waals surface area contributed by atoms with E-state index in [0.717, 1.165) is 18.1 Å². The molecule has 12 heavy (non-hydrogen) atoms. The van der Waals surface area contributed by atoms with Crippen molar-refractivity contribution in [3.8, 4) is 12.3 Å². The van der Waals surface area contributed by atoms with Crippen LogP contribution in [0.25, 0.3) is 0 Å². The monoisotopic (exact) mass is 183 g/mol. The van der Waals surface area contributed by atoms with Gasteiger partial charge in [0, 0.05) is 23.6 Å². The predicted octanol–water partition coefficient (Wildman–Crippen LogP) is 0.974. The number of hydrogen-bond acceptors (Lipinski definition) is 2. The molecule has 66 valence electrons. The maximum atomic E-state index is 11.3. The summed E-state index contributed by atoms with van der Waals surface area (Å²) in [5.41, 5.74) is -0.0770. The van der Waals surface area contributed by atoms with Crippen LogP contribution in [0.3, 0.4) is 0 Å². The van der Waals surface area contributed by atoms with Gasteiger partial charge in [-0.15, -0.1) is 6.42 Å². The van der Waals surface area contributed by atoms with E-state index in [2.05, 4.69) is 19.8 Å². The second kappa shape index (κ2) is 3.40. The van der Waals surface area contributed by atoms with Crippen LogP contribution in [0, 0.1) is 12.3 Å². The first kappa shape index (κ1) is 9.47. The number of nitrogens with zero attached hydrogens (tertiary/aromatic N) is 1. The molecule has 0 unspecified atom stereocenters. The topological polar surface area (TPSA) is 20.3 Å². The highest BCUT2D eigenvalue weighted by Crippen LogP contribution is 2.25. The first-order valence-electron chi connectivity index (χ1n) is 3.94. The highest BCUT2D eigenvalue weighted by Gasteiger charge is 2.32. The normalized spacial score (nSPS) is 21.6. The van der Waals surface area contributed by atoms with Gasteiger partial charge in [-0.25, -0.2) is 0 Å². The molecule has 2 nitrogen and oxygen atoms in total. The lowest BCUT2D eigenvalue weighted by atomic mass is 10.1. The van der Waals surface area contributed by atoms with E-state index in [9.17, 15) is 4.79 Å². The van der Waals surface area contributed by atoms with Crippen molar-refractivity contribution in [2.24, 2.45) is 0 Å². The number of hydrogen-bond donors (Lipinski definition) is 0. The SMILES string of the molecule is C#CC(=O)N1CCSCC1(C)C. The highest BCUT2D eigenvalue weighted by molar-refractivity contribution is 7.99. The molecule has 1 fully saturated rings. The van der Waals surface area contributed by atoms with E-state index in [4.69, 9.17) is 6.42 Å². The largest absolute Gasteiger partial charge is 0.325 e. The lowest BCUT2D eigenvalue weighted by Gasteiger charge is -2.40. The Kier molecular flexibility index (Phi) is 2.69. The van der Waals surface area contributed by atoms with Crippen molar-refractivity contribution in [1.29, 1.82) is 0 Å². The molecule has 1 rings (SSSR count). The lowest BCUT2D eigenvalue weighted by Crippen LogP contribution is -2.52. The van der Waals surface area contributed by atoms with Crippen LogP contribution >= 0.6 is 11.8 Å². The summed E-state index contributed by atoms with van der Waals surface area (Å²) in [6.45, 7) is 4.88. The van der Waals surface area contributed by atoms with Gasteiger partial charge in [0.1, 0.15) is 0 Å². The van der Waals surface area contributed by atoms with Gasteiger partial charge < -0.3 is 4.90 Å². The molecule has 0 aromatic heterocycles. The fraction of sp³-hybridized carbons (Fsp3) is 0.667. The lowest BCUT2D eigenvalue weighted by molar-refractivity contribution is -0.129. The molecule has 0 aromatic rings. The average molecular weight is 183 g/mol. The van der Waals surface area contributed by atoms with Crippen LogP contribution in [0.1, 0.15) is 13.8 Å². The summed E-state index contributed by atoms with van der Waals surface area (Å²) in [5.74, 6) is 3.96. The van der Waals surface area contributed by atoms with Crippen molar-refractivity contribution in [3.63, 3.8) is 0 Å². The summed E-state index contributed by atoms with van der Waals surface area (Å²) < 4.78 is 0. The minimum Gasteiger partial charge on any atom is -0.325 e. The quantitative estimate of drug-likeness (QED) is 0.522. The molecule has 3 heteroatoms. The maximum Gasteiger partial charge on any atom is 0.298 e. The minimum absolute atomic E-state index is 0.0770. The molecule has 0 aliphatic carbocycles. The molecule has 1 heterocycles. The average Bonchev–Trinajstić information content (AvgIpc) is 2.02. The number of terminal acetylenes is 1. The summed E-state index contributed by atoms with van der Waals surface area (Å²) in [4.78, 5) is 13.0. The van der Waals surface area contributed by atoms with Gasteiger partial charge in [0.05, 0.1) is 0 Å². The predicted molar refractivity (Wildman–Crippen MR) is 52.0 cm³/mol. The second-order valence-corrected chi connectivity index (χ2v) is 4.57. The Morgan fingerprint density at radius 2 is 2.33 bits per heavy atom. The Labute approximate surface area is 77.7 Å². The smallest absolute Gasteiger partial charge is 0.298 e. The van der Waals surface area contributed by atoms with Crippen molar-refractivity contribution >= 4 is 17.7 Å². The minimum atomic E-state index is -0.180. The Bertz CT molecular complexity index is 229. The fourth-order valence-corrected chi connectivity index (χ4v) is 2.42. The van der Waals surface area contributed by atoms with E-state index < -0.39 is 0 Å². The molecule has 0 atom stereocenters. The summed E-state index contributed by atoms with van der Waals surface area (Å²) in [7, 11) is 0. The van der Waals surface area contributed by atoms with E-state index in [-0.39, 0.29) is 11.4 Å². The molecule has 1 amide bonds. The summed E-state index contributed by atoms with van der Waals surface area (Å²) in [6, 6.07) is 0. The number of rotatable bonds is 0. The molecule has 0 radical (unpaired) electrons. The third-order valence-electron chi connectivity index (χ3n) is 2.01. The maximum absolute atomic E-state index is 11.3. The Hall–Kier alpha value is -0.620. The van der Waals surface area contributed by atoms with Crippen molar-refractivity contribution in [1.82, 2.24) is 4.90 Å². The third kappa shape index (κ3) is 1.75. The molecule has 0 N–H and O–H groups in total. The van der Waals surface area contributed by atoms with Crippen LogP contribution in [0.2, 0.25) is 0 Å². The zero-order valence-corrected chi connectivity index (χ0v) is 8.28. The standard InChI is InChI=1S/C9H13NOS/c1-4-8(11)10-5-6-12-7-9(10,2)3/h1H,5-7H2,2-3H3. The van der Waals surface area contributed by atoms with Crippen molar-refractivity contribution in [2.45, 2.75) is 19.4 Å². The molecule has 0 saturated carbocycles. The Morgan fingerprint density at radius 1 is 1.67 bits per heavy atom. The van der Waals surface area contributed by atoms with Crippen LogP contribution in [0.5, 0.6) is 0 Å². The molecule has 0 aromatic carbocycles. The van der Waals surface area contributed by atoms with Crippen LogP contribution < -0.4 is 0 Å². The van der Waals surface area contributed by atoms with Gasteiger partial charge in [0.15, 0.2) is 0 Å². The van der Waals surface area contributed by atoms with E-state index in [1.54, 1.807) is 4.90 Å². The first-order valence-corrected chi connectivity index (χ1v) is 5.09. The van der Waals surface area contributed by atoms with Gasteiger partial charge in [-0.1, -0.05) is 0 Å². The van der Waals surface area contributed by atoms with Crippen LogP contribution in [-0.4, -0.2) is 34.4 Å². The number of thioether (sulfide) groups is 1. The molecular weight excluding hydrogens is 170 g/mol. The van der Waals surface area contributed by atoms with E-state index in [1.807, 2.05) is 11.8 Å². The molecule has 1 aliphatic rings. The van der Waals surface area contributed by atoms with Gasteiger partial charge in [-0.05, 0) is 19.8 Å². The molecule has 1 aliphatic heterocycles. The Balaban J connectivity index is 2.74. The van der Waals surface area contributed by atoms with Gasteiger partial charge in [0.25, 0.3) is 5.91 Å². The molecular formula is C9H13NOS. The molecule has 1 saturated heterocycles. The molecule has 0 bridgehead atoms. The van der Waals surface area contributed by atoms with Gasteiger partial charge in [-0.2, -0.15) is 11.8 Å². The fourth-order valence-electron chi connectivity index (χ4n) is 1.31. The van der Waals surface area contributed by atoms with Crippen molar-refractivity contribution in [2.75, 3.05) is 18.1 Å². The van der Waals surface area contributed by atoms with Crippen LogP contribution in [0.4, 0.5) is 0 Å². The third-order valence-corrected chi connectivity index (χ3v) is 3.40. The summed E-state index contributed by atoms with van der Waals surface area (Å²) in [5, 5.41) is 0. The van der Waals surface area contributed by atoms with E-state index in [0.29, 0.717) is 0 Å². The summed E-state index contributed by atoms with van der Waals surface area (Å²) >= 11 is 1.87. The number of amides is 1. The van der Waals surface area contributed by atoms with Gasteiger partial charge >= 0.3 is 0 Å². The Morgan fingerprint density at radius 3 is 2.83 bits per heavy atom. The van der Waals surface area contributed by atoms with Crippen LogP contribution in [-0.2, 0) is 4.79 Å². The van der Waals surface area contributed by atoms with Crippen LogP contribution in [0.15, 0.2) is 0 Å².